The van der Waals surface area contributed by atoms with Crippen molar-refractivity contribution in [2.24, 2.45) is 11.8 Å². The molecule has 0 heterocycles. The second-order valence-corrected chi connectivity index (χ2v) is 5.95. The maximum absolute atomic E-state index is 2.43. The van der Waals surface area contributed by atoms with E-state index in [2.05, 4.69) is 45.8 Å². The van der Waals surface area contributed by atoms with Crippen LogP contribution in [0.25, 0.3) is 0 Å². The SMILES string of the molecule is CC1=CC(C)=C2CC(N(C)C)CCC(C)C12. The molecule has 3 atom stereocenters. The molecular weight excluding hydrogens is 194 g/mol. The molecule has 0 aromatic heterocycles. The number of allylic oxidation sites excluding steroid dienone is 3. The molecule has 0 spiro atoms. The van der Waals surface area contributed by atoms with Gasteiger partial charge in [0.25, 0.3) is 0 Å². The van der Waals surface area contributed by atoms with Crippen molar-refractivity contribution >= 4 is 0 Å². The molecule has 0 saturated heterocycles. The Labute approximate surface area is 100 Å². The number of hydrogen-bond acceptors (Lipinski definition) is 1. The number of nitrogens with zero attached hydrogens (tertiary/aromatic N) is 1. The largest absolute Gasteiger partial charge is 0.306 e. The van der Waals surface area contributed by atoms with Crippen molar-refractivity contribution in [3.05, 3.63) is 22.8 Å². The van der Waals surface area contributed by atoms with Crippen LogP contribution >= 0.6 is 0 Å². The molecule has 0 radical (unpaired) electrons. The van der Waals surface area contributed by atoms with E-state index in [-0.39, 0.29) is 0 Å². The van der Waals surface area contributed by atoms with E-state index >= 15 is 0 Å². The molecule has 90 valence electrons. The predicted octanol–water partition coefficient (Wildman–Crippen LogP) is 3.63. The van der Waals surface area contributed by atoms with E-state index in [1.54, 1.807) is 16.7 Å². The molecular formula is C15H25N. The second-order valence-electron chi connectivity index (χ2n) is 5.95. The van der Waals surface area contributed by atoms with Crippen molar-refractivity contribution in [3.8, 4) is 0 Å². The Morgan fingerprint density at radius 2 is 1.88 bits per heavy atom. The van der Waals surface area contributed by atoms with Crippen LogP contribution in [0, 0.1) is 11.8 Å². The zero-order valence-electron chi connectivity index (χ0n) is 11.4. The third-order valence-electron chi connectivity index (χ3n) is 4.53. The third kappa shape index (κ3) is 1.98. The molecule has 0 aromatic rings. The van der Waals surface area contributed by atoms with Gasteiger partial charge in [-0.25, -0.2) is 0 Å². The summed E-state index contributed by atoms with van der Waals surface area (Å²) in [5, 5.41) is 0. The van der Waals surface area contributed by atoms with E-state index in [9.17, 15) is 0 Å². The fourth-order valence-electron chi connectivity index (χ4n) is 3.54. The predicted molar refractivity (Wildman–Crippen MR) is 70.4 cm³/mol. The molecule has 0 aromatic carbocycles. The Morgan fingerprint density at radius 1 is 1.19 bits per heavy atom. The second kappa shape index (κ2) is 4.37. The van der Waals surface area contributed by atoms with E-state index in [1.165, 1.54) is 19.3 Å². The van der Waals surface area contributed by atoms with Gasteiger partial charge in [0.1, 0.15) is 0 Å². The van der Waals surface area contributed by atoms with Gasteiger partial charge in [0, 0.05) is 12.0 Å². The summed E-state index contributed by atoms with van der Waals surface area (Å²) in [5.41, 5.74) is 4.86. The summed E-state index contributed by atoms with van der Waals surface area (Å²) in [7, 11) is 4.45. The van der Waals surface area contributed by atoms with Crippen LogP contribution in [0.1, 0.15) is 40.0 Å². The van der Waals surface area contributed by atoms with E-state index in [0.717, 1.165) is 17.9 Å². The lowest BCUT2D eigenvalue weighted by Gasteiger charge is -2.24. The van der Waals surface area contributed by atoms with Crippen LogP contribution in [-0.2, 0) is 0 Å². The van der Waals surface area contributed by atoms with Crippen LogP contribution in [-0.4, -0.2) is 25.0 Å². The topological polar surface area (TPSA) is 3.24 Å². The van der Waals surface area contributed by atoms with E-state index in [1.807, 2.05) is 0 Å². The Hall–Kier alpha value is -0.560. The highest BCUT2D eigenvalue weighted by Crippen LogP contribution is 2.44. The number of rotatable bonds is 1. The first kappa shape index (κ1) is 11.9. The van der Waals surface area contributed by atoms with Crippen molar-refractivity contribution in [1.82, 2.24) is 4.90 Å². The Bertz CT molecular complexity index is 335. The summed E-state index contributed by atoms with van der Waals surface area (Å²) in [6, 6.07) is 0.747. The molecule has 0 N–H and O–H groups in total. The highest BCUT2D eigenvalue weighted by Gasteiger charge is 2.33. The van der Waals surface area contributed by atoms with Gasteiger partial charge in [0.2, 0.25) is 0 Å². The lowest BCUT2D eigenvalue weighted by atomic mass is 9.83. The summed E-state index contributed by atoms with van der Waals surface area (Å²) < 4.78 is 0. The van der Waals surface area contributed by atoms with Gasteiger partial charge in [-0.2, -0.15) is 0 Å². The lowest BCUT2D eigenvalue weighted by Crippen LogP contribution is -2.27. The summed E-state index contributed by atoms with van der Waals surface area (Å²) in [5.74, 6) is 1.58. The van der Waals surface area contributed by atoms with Crippen molar-refractivity contribution in [3.63, 3.8) is 0 Å². The molecule has 0 bridgehead atoms. The Balaban J connectivity index is 2.27. The van der Waals surface area contributed by atoms with E-state index in [0.29, 0.717) is 0 Å². The highest BCUT2D eigenvalue weighted by molar-refractivity contribution is 5.41. The molecule has 2 rings (SSSR count). The minimum absolute atomic E-state index is 0.747. The van der Waals surface area contributed by atoms with E-state index < -0.39 is 0 Å². The monoisotopic (exact) mass is 219 g/mol. The normalized spacial score (nSPS) is 35.1. The fourth-order valence-corrected chi connectivity index (χ4v) is 3.54. The van der Waals surface area contributed by atoms with Gasteiger partial charge in [0.05, 0.1) is 0 Å². The molecule has 2 aliphatic carbocycles. The molecule has 1 nitrogen and oxygen atoms in total. The molecule has 3 unspecified atom stereocenters. The van der Waals surface area contributed by atoms with Gasteiger partial charge in [-0.05, 0) is 53.1 Å². The van der Waals surface area contributed by atoms with Gasteiger partial charge >= 0.3 is 0 Å². The molecule has 0 aliphatic heterocycles. The van der Waals surface area contributed by atoms with Gasteiger partial charge < -0.3 is 4.90 Å². The van der Waals surface area contributed by atoms with Crippen molar-refractivity contribution < 1.29 is 0 Å². The van der Waals surface area contributed by atoms with Crippen LogP contribution in [0.2, 0.25) is 0 Å². The smallest absolute Gasteiger partial charge is 0.0127 e. The van der Waals surface area contributed by atoms with Crippen molar-refractivity contribution in [2.45, 2.75) is 46.1 Å². The minimum atomic E-state index is 0.747. The summed E-state index contributed by atoms with van der Waals surface area (Å²) in [6.07, 6.45) is 6.42. The molecule has 1 saturated carbocycles. The van der Waals surface area contributed by atoms with Gasteiger partial charge in [-0.15, -0.1) is 0 Å². The van der Waals surface area contributed by atoms with Crippen molar-refractivity contribution in [2.75, 3.05) is 14.1 Å². The lowest BCUT2D eigenvalue weighted by molar-refractivity contribution is 0.273. The third-order valence-corrected chi connectivity index (χ3v) is 4.53. The molecule has 16 heavy (non-hydrogen) atoms. The summed E-state index contributed by atoms with van der Waals surface area (Å²) in [6.45, 7) is 7.04. The first-order valence-corrected chi connectivity index (χ1v) is 6.55. The maximum atomic E-state index is 2.43. The summed E-state index contributed by atoms with van der Waals surface area (Å²) >= 11 is 0. The highest BCUT2D eigenvalue weighted by atomic mass is 15.1. The Kier molecular flexibility index (Phi) is 3.25. The zero-order chi connectivity index (χ0) is 11.9. The molecule has 0 amide bonds. The average molecular weight is 219 g/mol. The first-order valence-electron chi connectivity index (χ1n) is 6.55. The average Bonchev–Trinajstić information content (AvgIpc) is 2.39. The Morgan fingerprint density at radius 3 is 2.50 bits per heavy atom. The maximum Gasteiger partial charge on any atom is 0.0127 e. The van der Waals surface area contributed by atoms with Crippen LogP contribution in [0.4, 0.5) is 0 Å². The van der Waals surface area contributed by atoms with Crippen LogP contribution < -0.4 is 0 Å². The zero-order valence-corrected chi connectivity index (χ0v) is 11.4. The van der Waals surface area contributed by atoms with Gasteiger partial charge in [0.15, 0.2) is 0 Å². The minimum Gasteiger partial charge on any atom is -0.306 e. The van der Waals surface area contributed by atoms with Crippen LogP contribution in [0.15, 0.2) is 22.8 Å². The fraction of sp³-hybridized carbons (Fsp3) is 0.733. The van der Waals surface area contributed by atoms with E-state index in [4.69, 9.17) is 0 Å². The van der Waals surface area contributed by atoms with Crippen LogP contribution in [0.3, 0.4) is 0 Å². The first-order chi connectivity index (χ1) is 7.50. The van der Waals surface area contributed by atoms with Gasteiger partial charge in [-0.1, -0.05) is 29.7 Å². The molecule has 2 aliphatic rings. The van der Waals surface area contributed by atoms with Gasteiger partial charge in [-0.3, -0.25) is 0 Å². The summed E-state index contributed by atoms with van der Waals surface area (Å²) in [4.78, 5) is 2.41. The molecule has 1 heteroatoms. The molecule has 1 fully saturated rings. The standard InChI is InChI=1S/C15H25N/c1-10-6-7-13(16(4)5)9-14-11(2)8-12(3)15(10)14/h8,10,13,15H,6-7,9H2,1-5H3. The number of hydrogen-bond donors (Lipinski definition) is 0. The quantitative estimate of drug-likeness (QED) is 0.651. The van der Waals surface area contributed by atoms with Crippen molar-refractivity contribution in [1.29, 1.82) is 0 Å². The number of fused-ring (bicyclic) bond motifs is 1. The van der Waals surface area contributed by atoms with Crippen LogP contribution in [0.5, 0.6) is 0 Å².